The fourth-order valence-electron chi connectivity index (χ4n) is 1.95. The number of nitrogens with two attached hydrogens (primary N) is 1. The molecule has 1 aliphatic heterocycles. The van der Waals surface area contributed by atoms with Gasteiger partial charge in [-0.3, -0.25) is 4.79 Å². The van der Waals surface area contributed by atoms with Crippen molar-refractivity contribution in [1.82, 2.24) is 4.90 Å². The predicted octanol–water partition coefficient (Wildman–Crippen LogP) is 1.93. The third-order valence-electron chi connectivity index (χ3n) is 2.86. The molecule has 1 heterocycles. The second-order valence-corrected chi connectivity index (χ2v) is 5.14. The van der Waals surface area contributed by atoms with Gasteiger partial charge < -0.3 is 10.6 Å². The van der Waals surface area contributed by atoms with Crippen molar-refractivity contribution in [2.75, 3.05) is 13.1 Å². The number of hydrogen-bond acceptors (Lipinski definition) is 2. The highest BCUT2D eigenvalue weighted by Crippen LogP contribution is 2.21. The lowest BCUT2D eigenvalue weighted by molar-refractivity contribution is 0.0790. The van der Waals surface area contributed by atoms with Gasteiger partial charge in [0, 0.05) is 23.6 Å². The first-order chi connectivity index (χ1) is 7.58. The van der Waals surface area contributed by atoms with E-state index < -0.39 is 0 Å². The summed E-state index contributed by atoms with van der Waals surface area (Å²) in [4.78, 5) is 14.0. The SMILES string of the molecule is Cc1ccc(Br)c(C(=O)N2CC[C@@H](N)C2)c1. The molecular weight excluding hydrogens is 268 g/mol. The van der Waals surface area contributed by atoms with Crippen molar-refractivity contribution in [3.63, 3.8) is 0 Å². The average molecular weight is 283 g/mol. The van der Waals surface area contributed by atoms with Crippen molar-refractivity contribution in [2.24, 2.45) is 5.73 Å². The summed E-state index contributed by atoms with van der Waals surface area (Å²) in [5, 5.41) is 0. The van der Waals surface area contributed by atoms with Crippen molar-refractivity contribution in [1.29, 1.82) is 0 Å². The quantitative estimate of drug-likeness (QED) is 0.856. The summed E-state index contributed by atoms with van der Waals surface area (Å²) in [6, 6.07) is 5.94. The molecule has 0 radical (unpaired) electrons. The van der Waals surface area contributed by atoms with Crippen LogP contribution in [0.4, 0.5) is 0 Å². The molecule has 0 aromatic heterocycles. The molecule has 1 atom stereocenters. The zero-order chi connectivity index (χ0) is 11.7. The van der Waals surface area contributed by atoms with Gasteiger partial charge >= 0.3 is 0 Å². The summed E-state index contributed by atoms with van der Waals surface area (Å²) in [5.41, 5.74) is 7.63. The van der Waals surface area contributed by atoms with Crippen LogP contribution in [0.3, 0.4) is 0 Å². The summed E-state index contributed by atoms with van der Waals surface area (Å²) in [6.45, 7) is 3.42. The summed E-state index contributed by atoms with van der Waals surface area (Å²) in [5.74, 6) is 0.0727. The Morgan fingerprint density at radius 2 is 2.31 bits per heavy atom. The minimum atomic E-state index is 0.0727. The molecule has 86 valence electrons. The number of benzene rings is 1. The number of aryl methyl sites for hydroxylation is 1. The number of carbonyl (C=O) groups is 1. The Morgan fingerprint density at radius 3 is 2.94 bits per heavy atom. The van der Waals surface area contributed by atoms with Gasteiger partial charge in [-0.2, -0.15) is 0 Å². The van der Waals surface area contributed by atoms with Crippen LogP contribution in [0, 0.1) is 6.92 Å². The smallest absolute Gasteiger partial charge is 0.255 e. The molecule has 3 nitrogen and oxygen atoms in total. The van der Waals surface area contributed by atoms with Gasteiger partial charge in [0.2, 0.25) is 0 Å². The molecule has 2 N–H and O–H groups in total. The lowest BCUT2D eigenvalue weighted by atomic mass is 10.1. The molecule has 1 aromatic carbocycles. The van der Waals surface area contributed by atoms with Gasteiger partial charge in [-0.25, -0.2) is 0 Å². The normalized spacial score (nSPS) is 20.2. The van der Waals surface area contributed by atoms with Crippen LogP contribution in [0.1, 0.15) is 22.3 Å². The zero-order valence-corrected chi connectivity index (χ0v) is 10.8. The van der Waals surface area contributed by atoms with Crippen molar-refractivity contribution >= 4 is 21.8 Å². The first kappa shape index (κ1) is 11.6. The maximum atomic E-state index is 12.2. The van der Waals surface area contributed by atoms with E-state index in [0.717, 1.165) is 28.6 Å². The van der Waals surface area contributed by atoms with Gasteiger partial charge in [0.15, 0.2) is 0 Å². The Balaban J connectivity index is 2.23. The second kappa shape index (κ2) is 4.55. The molecular formula is C12H15BrN2O. The molecule has 16 heavy (non-hydrogen) atoms. The number of hydrogen-bond donors (Lipinski definition) is 1. The number of amides is 1. The Kier molecular flexibility index (Phi) is 3.30. The predicted molar refractivity (Wildman–Crippen MR) is 67.4 cm³/mol. The highest BCUT2D eigenvalue weighted by Gasteiger charge is 2.25. The third-order valence-corrected chi connectivity index (χ3v) is 3.56. The van der Waals surface area contributed by atoms with Gasteiger partial charge in [-0.1, -0.05) is 11.6 Å². The topological polar surface area (TPSA) is 46.3 Å². The van der Waals surface area contributed by atoms with Crippen LogP contribution in [0.25, 0.3) is 0 Å². The Bertz CT molecular complexity index is 419. The molecule has 0 saturated carbocycles. The molecule has 1 saturated heterocycles. The van der Waals surface area contributed by atoms with Gasteiger partial charge in [-0.05, 0) is 41.4 Å². The van der Waals surface area contributed by atoms with Crippen LogP contribution >= 0.6 is 15.9 Å². The standard InChI is InChI=1S/C12H15BrN2O/c1-8-2-3-11(13)10(6-8)12(16)15-5-4-9(14)7-15/h2-3,6,9H,4-5,7,14H2,1H3/t9-/m1/s1. The van der Waals surface area contributed by atoms with Crippen LogP contribution < -0.4 is 5.73 Å². The van der Waals surface area contributed by atoms with Gasteiger partial charge in [0.05, 0.1) is 5.56 Å². The highest BCUT2D eigenvalue weighted by molar-refractivity contribution is 9.10. The van der Waals surface area contributed by atoms with E-state index in [2.05, 4.69) is 15.9 Å². The van der Waals surface area contributed by atoms with E-state index >= 15 is 0 Å². The molecule has 4 heteroatoms. The van der Waals surface area contributed by atoms with Crippen LogP contribution in [0.2, 0.25) is 0 Å². The fourth-order valence-corrected chi connectivity index (χ4v) is 2.36. The first-order valence-corrected chi connectivity index (χ1v) is 6.18. The number of likely N-dealkylation sites (tertiary alicyclic amines) is 1. The number of rotatable bonds is 1. The van der Waals surface area contributed by atoms with Crippen LogP contribution in [0.5, 0.6) is 0 Å². The third kappa shape index (κ3) is 2.28. The lowest BCUT2D eigenvalue weighted by Gasteiger charge is -2.17. The molecule has 1 amide bonds. The molecule has 1 aliphatic rings. The first-order valence-electron chi connectivity index (χ1n) is 5.39. The average Bonchev–Trinajstić information content (AvgIpc) is 2.67. The van der Waals surface area contributed by atoms with Crippen LogP contribution in [-0.4, -0.2) is 29.9 Å². The maximum absolute atomic E-state index is 12.2. The minimum Gasteiger partial charge on any atom is -0.337 e. The summed E-state index contributed by atoms with van der Waals surface area (Å²) >= 11 is 3.41. The fraction of sp³-hybridized carbons (Fsp3) is 0.417. The van der Waals surface area contributed by atoms with E-state index in [9.17, 15) is 4.79 Å². The van der Waals surface area contributed by atoms with E-state index in [0.29, 0.717) is 6.54 Å². The monoisotopic (exact) mass is 282 g/mol. The van der Waals surface area contributed by atoms with E-state index in [1.54, 1.807) is 0 Å². The number of halogens is 1. The summed E-state index contributed by atoms with van der Waals surface area (Å²) in [7, 11) is 0. The minimum absolute atomic E-state index is 0.0727. The molecule has 0 aliphatic carbocycles. The Morgan fingerprint density at radius 1 is 1.56 bits per heavy atom. The molecule has 1 fully saturated rings. The van der Waals surface area contributed by atoms with Crippen LogP contribution in [-0.2, 0) is 0 Å². The second-order valence-electron chi connectivity index (χ2n) is 4.28. The largest absolute Gasteiger partial charge is 0.337 e. The highest BCUT2D eigenvalue weighted by atomic mass is 79.9. The van der Waals surface area contributed by atoms with Crippen LogP contribution in [0.15, 0.2) is 22.7 Å². The van der Waals surface area contributed by atoms with E-state index in [1.807, 2.05) is 30.0 Å². The number of carbonyl (C=O) groups excluding carboxylic acids is 1. The van der Waals surface area contributed by atoms with Crippen molar-refractivity contribution in [2.45, 2.75) is 19.4 Å². The molecule has 1 aromatic rings. The van der Waals surface area contributed by atoms with Gasteiger partial charge in [-0.15, -0.1) is 0 Å². The van der Waals surface area contributed by atoms with E-state index in [4.69, 9.17) is 5.73 Å². The molecule has 0 bridgehead atoms. The van der Waals surface area contributed by atoms with E-state index in [1.165, 1.54) is 0 Å². The summed E-state index contributed by atoms with van der Waals surface area (Å²) < 4.78 is 0.851. The number of nitrogens with zero attached hydrogens (tertiary/aromatic N) is 1. The van der Waals surface area contributed by atoms with Gasteiger partial charge in [0.1, 0.15) is 0 Å². The molecule has 2 rings (SSSR count). The van der Waals surface area contributed by atoms with E-state index in [-0.39, 0.29) is 11.9 Å². The zero-order valence-electron chi connectivity index (χ0n) is 9.24. The van der Waals surface area contributed by atoms with Crippen molar-refractivity contribution in [3.8, 4) is 0 Å². The Hall–Kier alpha value is -0.870. The van der Waals surface area contributed by atoms with Gasteiger partial charge in [0.25, 0.3) is 5.91 Å². The maximum Gasteiger partial charge on any atom is 0.255 e. The van der Waals surface area contributed by atoms with Crippen molar-refractivity contribution in [3.05, 3.63) is 33.8 Å². The summed E-state index contributed by atoms with van der Waals surface area (Å²) in [6.07, 6.45) is 0.898. The Labute approximate surface area is 104 Å². The van der Waals surface area contributed by atoms with Crippen molar-refractivity contribution < 1.29 is 4.79 Å². The molecule has 0 spiro atoms. The molecule has 0 unspecified atom stereocenters. The lowest BCUT2D eigenvalue weighted by Crippen LogP contribution is -2.32.